The van der Waals surface area contributed by atoms with Crippen LogP contribution in [-0.4, -0.2) is 31.4 Å². The Hall–Kier alpha value is -1.72. The topological polar surface area (TPSA) is 32.3 Å². The molecule has 1 amide bonds. The largest absolute Gasteiger partial charge is 0.345 e. The Morgan fingerprint density at radius 2 is 1.91 bits per heavy atom. The van der Waals surface area contributed by atoms with E-state index in [0.717, 1.165) is 23.0 Å². The third-order valence-corrected chi connectivity index (χ3v) is 4.02. The monoisotopic (exact) mass is 378 g/mol. The number of carbonyl (C=O) groups is 1. The zero-order valence-electron chi connectivity index (χ0n) is 13.2. The summed E-state index contributed by atoms with van der Waals surface area (Å²) < 4.78 is 14.0. The highest BCUT2D eigenvalue weighted by atomic mass is 79.9. The molecule has 0 spiro atoms. The minimum absolute atomic E-state index is 0.139. The molecule has 0 heterocycles. The summed E-state index contributed by atoms with van der Waals surface area (Å²) in [6.07, 6.45) is 0.748. The van der Waals surface area contributed by atoms with E-state index in [1.165, 1.54) is 12.1 Å². The maximum absolute atomic E-state index is 13.1. The van der Waals surface area contributed by atoms with Gasteiger partial charge in [-0.25, -0.2) is 4.39 Å². The first-order valence-electron chi connectivity index (χ1n) is 7.42. The second kappa shape index (κ2) is 8.22. The molecule has 3 nitrogen and oxygen atoms in total. The number of amides is 1. The van der Waals surface area contributed by atoms with Crippen molar-refractivity contribution in [3.63, 3.8) is 0 Å². The molecular weight excluding hydrogens is 359 g/mol. The van der Waals surface area contributed by atoms with Gasteiger partial charge in [0.1, 0.15) is 5.82 Å². The molecule has 1 unspecified atom stereocenters. The minimum Gasteiger partial charge on any atom is -0.345 e. The highest BCUT2D eigenvalue weighted by Gasteiger charge is 2.16. The Kier molecular flexibility index (Phi) is 6.30. The quantitative estimate of drug-likeness (QED) is 0.823. The Morgan fingerprint density at radius 3 is 2.52 bits per heavy atom. The summed E-state index contributed by atoms with van der Waals surface area (Å²) in [6, 6.07) is 13.4. The summed E-state index contributed by atoms with van der Waals surface area (Å²) in [5, 5.41) is 3.04. The number of carbonyl (C=O) groups excluding carboxylic acids is 1. The van der Waals surface area contributed by atoms with Gasteiger partial charge in [-0.1, -0.05) is 34.1 Å². The van der Waals surface area contributed by atoms with Crippen molar-refractivity contribution in [2.75, 3.05) is 20.6 Å². The van der Waals surface area contributed by atoms with Gasteiger partial charge in [0.05, 0.1) is 6.04 Å². The Balaban J connectivity index is 2.16. The number of hydrogen-bond acceptors (Lipinski definition) is 2. The van der Waals surface area contributed by atoms with E-state index in [1.807, 2.05) is 26.2 Å². The molecule has 2 rings (SSSR count). The number of nitrogens with one attached hydrogen (secondary N) is 1. The van der Waals surface area contributed by atoms with Crippen molar-refractivity contribution in [1.82, 2.24) is 10.2 Å². The van der Waals surface area contributed by atoms with E-state index in [4.69, 9.17) is 0 Å². The van der Waals surface area contributed by atoms with Gasteiger partial charge >= 0.3 is 0 Å². The second-order valence-corrected chi connectivity index (χ2v) is 6.60. The van der Waals surface area contributed by atoms with E-state index in [0.29, 0.717) is 5.56 Å². The fraction of sp³-hybridized carbons (Fsp3) is 0.278. The predicted octanol–water partition coefficient (Wildman–Crippen LogP) is 4.01. The van der Waals surface area contributed by atoms with Crippen molar-refractivity contribution in [3.05, 3.63) is 69.9 Å². The molecule has 5 heteroatoms. The molecule has 0 aromatic heterocycles. The number of rotatable bonds is 6. The van der Waals surface area contributed by atoms with Crippen LogP contribution in [0.15, 0.2) is 53.0 Å². The van der Waals surface area contributed by atoms with Gasteiger partial charge < -0.3 is 10.2 Å². The molecule has 1 atom stereocenters. The third-order valence-electron chi connectivity index (χ3n) is 3.53. The lowest BCUT2D eigenvalue weighted by Gasteiger charge is -2.21. The van der Waals surface area contributed by atoms with Crippen LogP contribution in [-0.2, 0) is 0 Å². The molecule has 0 bridgehead atoms. The van der Waals surface area contributed by atoms with Crippen LogP contribution in [0.25, 0.3) is 0 Å². The van der Waals surface area contributed by atoms with Crippen LogP contribution in [0.5, 0.6) is 0 Å². The van der Waals surface area contributed by atoms with Crippen LogP contribution in [0, 0.1) is 5.82 Å². The van der Waals surface area contributed by atoms with Crippen LogP contribution in [0.3, 0.4) is 0 Å². The molecular formula is C18H20BrFN2O. The van der Waals surface area contributed by atoms with Gasteiger partial charge in [0.15, 0.2) is 0 Å². The van der Waals surface area contributed by atoms with Gasteiger partial charge in [-0.2, -0.15) is 0 Å². The summed E-state index contributed by atoms with van der Waals surface area (Å²) in [5.74, 6) is -0.419. The molecule has 0 aliphatic heterocycles. The lowest BCUT2D eigenvalue weighted by atomic mass is 10.0. The molecule has 0 saturated carbocycles. The molecule has 122 valence electrons. The standard InChI is InChI=1S/C18H20BrFN2O/c1-22(2)11-10-17(13-6-8-16(20)9-7-13)21-18(23)14-4-3-5-15(19)12-14/h3-9,12,17H,10-11H2,1-2H3,(H,21,23). The van der Waals surface area contributed by atoms with E-state index >= 15 is 0 Å². The van der Waals surface area contributed by atoms with Crippen LogP contribution in [0.1, 0.15) is 28.4 Å². The molecule has 0 radical (unpaired) electrons. The van der Waals surface area contributed by atoms with Gasteiger partial charge in [0.2, 0.25) is 0 Å². The number of halogens is 2. The zero-order valence-corrected chi connectivity index (χ0v) is 14.8. The smallest absolute Gasteiger partial charge is 0.251 e. The van der Waals surface area contributed by atoms with Crippen molar-refractivity contribution in [1.29, 1.82) is 0 Å². The van der Waals surface area contributed by atoms with Gasteiger partial charge in [-0.05, 0) is 63.0 Å². The summed E-state index contributed by atoms with van der Waals surface area (Å²) in [7, 11) is 3.97. The van der Waals surface area contributed by atoms with Gasteiger partial charge in [-0.3, -0.25) is 4.79 Å². The van der Waals surface area contributed by atoms with Crippen molar-refractivity contribution in [2.24, 2.45) is 0 Å². The Labute approximate surface area is 144 Å². The summed E-state index contributed by atoms with van der Waals surface area (Å²) in [6.45, 7) is 0.820. The Morgan fingerprint density at radius 1 is 1.22 bits per heavy atom. The highest BCUT2D eigenvalue weighted by molar-refractivity contribution is 9.10. The normalized spacial score (nSPS) is 12.2. The van der Waals surface area contributed by atoms with Crippen molar-refractivity contribution in [2.45, 2.75) is 12.5 Å². The number of nitrogens with zero attached hydrogens (tertiary/aromatic N) is 1. The SMILES string of the molecule is CN(C)CCC(NC(=O)c1cccc(Br)c1)c1ccc(F)cc1. The van der Waals surface area contributed by atoms with Gasteiger partial charge in [-0.15, -0.1) is 0 Å². The highest BCUT2D eigenvalue weighted by Crippen LogP contribution is 2.19. The zero-order chi connectivity index (χ0) is 16.8. The average molecular weight is 379 g/mol. The Bertz CT molecular complexity index is 658. The lowest BCUT2D eigenvalue weighted by Crippen LogP contribution is -2.31. The van der Waals surface area contributed by atoms with Crippen LogP contribution >= 0.6 is 15.9 Å². The number of hydrogen-bond donors (Lipinski definition) is 1. The molecule has 0 aliphatic rings. The molecule has 0 fully saturated rings. The van der Waals surface area contributed by atoms with Crippen LogP contribution in [0.4, 0.5) is 4.39 Å². The summed E-state index contributed by atoms with van der Waals surface area (Å²) in [4.78, 5) is 14.5. The van der Waals surface area contributed by atoms with Crippen LogP contribution in [0.2, 0.25) is 0 Å². The molecule has 2 aromatic rings. The molecule has 23 heavy (non-hydrogen) atoms. The predicted molar refractivity (Wildman–Crippen MR) is 93.9 cm³/mol. The van der Waals surface area contributed by atoms with E-state index in [2.05, 4.69) is 26.1 Å². The summed E-state index contributed by atoms with van der Waals surface area (Å²) >= 11 is 3.37. The molecule has 0 saturated heterocycles. The minimum atomic E-state index is -0.279. The van der Waals surface area contributed by atoms with Crippen molar-refractivity contribution < 1.29 is 9.18 Å². The lowest BCUT2D eigenvalue weighted by molar-refractivity contribution is 0.0932. The fourth-order valence-corrected chi connectivity index (χ4v) is 2.68. The van der Waals surface area contributed by atoms with Gasteiger partial charge in [0.25, 0.3) is 5.91 Å². The van der Waals surface area contributed by atoms with Crippen molar-refractivity contribution in [3.8, 4) is 0 Å². The third kappa shape index (κ3) is 5.44. The van der Waals surface area contributed by atoms with Gasteiger partial charge in [0, 0.05) is 10.0 Å². The molecule has 1 N–H and O–H groups in total. The van der Waals surface area contributed by atoms with E-state index < -0.39 is 0 Å². The molecule has 0 aliphatic carbocycles. The fourth-order valence-electron chi connectivity index (χ4n) is 2.28. The van der Waals surface area contributed by atoms with E-state index in [1.54, 1.807) is 24.3 Å². The second-order valence-electron chi connectivity index (χ2n) is 5.68. The number of benzene rings is 2. The average Bonchev–Trinajstić information content (AvgIpc) is 2.52. The van der Waals surface area contributed by atoms with Crippen molar-refractivity contribution >= 4 is 21.8 Å². The van der Waals surface area contributed by atoms with E-state index in [9.17, 15) is 9.18 Å². The summed E-state index contributed by atoms with van der Waals surface area (Å²) in [5.41, 5.74) is 1.49. The first-order valence-corrected chi connectivity index (χ1v) is 8.21. The maximum atomic E-state index is 13.1. The maximum Gasteiger partial charge on any atom is 0.251 e. The van der Waals surface area contributed by atoms with E-state index in [-0.39, 0.29) is 17.8 Å². The first kappa shape index (κ1) is 17.6. The first-order chi connectivity index (χ1) is 11.0. The molecule has 2 aromatic carbocycles. The van der Waals surface area contributed by atoms with Crippen LogP contribution < -0.4 is 5.32 Å².